The maximum atomic E-state index is 12.7. The number of carbonyl (C=O) groups is 1. The number of hydrogen-bond acceptors (Lipinski definition) is 5. The van der Waals surface area contributed by atoms with Gasteiger partial charge in [-0.15, -0.1) is 10.2 Å². The summed E-state index contributed by atoms with van der Waals surface area (Å²) in [7, 11) is 0. The Morgan fingerprint density at radius 1 is 1.07 bits per heavy atom. The predicted molar refractivity (Wildman–Crippen MR) is 95.9 cm³/mol. The third kappa shape index (κ3) is 3.60. The second kappa shape index (κ2) is 7.06. The van der Waals surface area contributed by atoms with Gasteiger partial charge in [0.05, 0.1) is 5.56 Å². The fourth-order valence-corrected chi connectivity index (χ4v) is 3.19. The summed E-state index contributed by atoms with van der Waals surface area (Å²) < 4.78 is 38.2. The number of aromatic nitrogens is 4. The summed E-state index contributed by atoms with van der Waals surface area (Å²) in [6.07, 6.45) is -2.35. The van der Waals surface area contributed by atoms with Crippen LogP contribution in [0, 0.1) is 0 Å². The number of tetrazole rings is 1. The molecule has 1 atom stereocenters. The van der Waals surface area contributed by atoms with Crippen molar-refractivity contribution in [2.45, 2.75) is 31.5 Å². The van der Waals surface area contributed by atoms with Crippen molar-refractivity contribution in [2.24, 2.45) is 0 Å². The van der Waals surface area contributed by atoms with E-state index in [9.17, 15) is 18.0 Å². The maximum Gasteiger partial charge on any atom is 0.416 e. The largest absolute Gasteiger partial charge is 0.416 e. The average molecular weight is 387 g/mol. The SMILES string of the molecule is O=C1CCCC1n1nnc(-c2ccccc2Nc2ccc(C(F)(F)F)cc2)n1. The van der Waals surface area contributed by atoms with Crippen LogP contribution < -0.4 is 5.32 Å². The third-order valence-corrected chi connectivity index (χ3v) is 4.64. The van der Waals surface area contributed by atoms with Crippen molar-refractivity contribution in [1.82, 2.24) is 20.2 Å². The number of Topliss-reactive ketones (excluding diaryl/α,β-unsaturated/α-hetero) is 1. The molecule has 2 aromatic carbocycles. The van der Waals surface area contributed by atoms with Crippen molar-refractivity contribution in [3.05, 3.63) is 54.1 Å². The Hall–Kier alpha value is -3.23. The Labute approximate surface area is 158 Å². The lowest BCUT2D eigenvalue weighted by Crippen LogP contribution is -2.16. The molecule has 144 valence electrons. The second-order valence-electron chi connectivity index (χ2n) is 6.55. The van der Waals surface area contributed by atoms with Crippen LogP contribution in [0.4, 0.5) is 24.5 Å². The van der Waals surface area contributed by atoms with E-state index in [0.29, 0.717) is 35.6 Å². The summed E-state index contributed by atoms with van der Waals surface area (Å²) in [6, 6.07) is 11.5. The quantitative estimate of drug-likeness (QED) is 0.719. The second-order valence-corrected chi connectivity index (χ2v) is 6.55. The molecular formula is C19H16F3N5O. The highest BCUT2D eigenvalue weighted by molar-refractivity contribution is 5.84. The minimum absolute atomic E-state index is 0.0973. The van der Waals surface area contributed by atoms with E-state index in [1.165, 1.54) is 16.9 Å². The Balaban J connectivity index is 1.59. The molecule has 6 nitrogen and oxygen atoms in total. The van der Waals surface area contributed by atoms with E-state index < -0.39 is 11.7 Å². The van der Waals surface area contributed by atoms with Crippen LogP contribution in [0.5, 0.6) is 0 Å². The first-order chi connectivity index (χ1) is 13.4. The number of alkyl halides is 3. The van der Waals surface area contributed by atoms with Crippen LogP contribution in [0.1, 0.15) is 30.9 Å². The zero-order valence-electron chi connectivity index (χ0n) is 14.6. The molecule has 0 saturated heterocycles. The van der Waals surface area contributed by atoms with Gasteiger partial charge in [0.2, 0.25) is 5.82 Å². The first-order valence-electron chi connectivity index (χ1n) is 8.78. The van der Waals surface area contributed by atoms with Crippen LogP contribution >= 0.6 is 0 Å². The van der Waals surface area contributed by atoms with E-state index in [-0.39, 0.29) is 11.8 Å². The maximum absolute atomic E-state index is 12.7. The predicted octanol–water partition coefficient (Wildman–Crippen LogP) is 4.40. The van der Waals surface area contributed by atoms with Gasteiger partial charge in [-0.05, 0) is 54.5 Å². The lowest BCUT2D eigenvalue weighted by Gasteiger charge is -2.11. The molecule has 1 saturated carbocycles. The van der Waals surface area contributed by atoms with E-state index in [4.69, 9.17) is 0 Å². The molecule has 1 fully saturated rings. The number of nitrogens with zero attached hydrogens (tertiary/aromatic N) is 4. The third-order valence-electron chi connectivity index (χ3n) is 4.64. The number of carbonyl (C=O) groups excluding carboxylic acids is 1. The fraction of sp³-hybridized carbons (Fsp3) is 0.263. The molecule has 28 heavy (non-hydrogen) atoms. The van der Waals surface area contributed by atoms with Gasteiger partial charge in [0.25, 0.3) is 0 Å². The average Bonchev–Trinajstić information content (AvgIpc) is 3.31. The van der Waals surface area contributed by atoms with Gasteiger partial charge < -0.3 is 5.32 Å². The summed E-state index contributed by atoms with van der Waals surface area (Å²) in [6.45, 7) is 0. The van der Waals surface area contributed by atoms with E-state index in [1.54, 1.807) is 24.3 Å². The first kappa shape index (κ1) is 18.1. The molecule has 1 aliphatic rings. The topological polar surface area (TPSA) is 72.7 Å². The van der Waals surface area contributed by atoms with Crippen LogP contribution in [0.15, 0.2) is 48.5 Å². The van der Waals surface area contributed by atoms with Crippen molar-refractivity contribution in [2.75, 3.05) is 5.32 Å². The van der Waals surface area contributed by atoms with E-state index in [1.807, 2.05) is 0 Å². The number of nitrogens with one attached hydrogen (secondary N) is 1. The molecule has 1 N–H and O–H groups in total. The molecule has 1 heterocycles. The molecule has 0 bridgehead atoms. The van der Waals surface area contributed by atoms with Crippen LogP contribution in [0.25, 0.3) is 11.4 Å². The van der Waals surface area contributed by atoms with Crippen molar-refractivity contribution in [1.29, 1.82) is 0 Å². The van der Waals surface area contributed by atoms with Crippen LogP contribution in [0.2, 0.25) is 0 Å². The summed E-state index contributed by atoms with van der Waals surface area (Å²) in [4.78, 5) is 13.3. The van der Waals surface area contributed by atoms with E-state index >= 15 is 0 Å². The highest BCUT2D eigenvalue weighted by Gasteiger charge is 2.30. The molecule has 0 aliphatic heterocycles. The van der Waals surface area contributed by atoms with Crippen LogP contribution in [0.3, 0.4) is 0 Å². The van der Waals surface area contributed by atoms with Gasteiger partial charge in [-0.3, -0.25) is 4.79 Å². The summed E-state index contributed by atoms with van der Waals surface area (Å²) in [5, 5.41) is 15.5. The zero-order chi connectivity index (χ0) is 19.7. The Morgan fingerprint density at radius 2 is 1.82 bits per heavy atom. The summed E-state index contributed by atoms with van der Waals surface area (Å²) in [5.41, 5.74) is 1.05. The fourth-order valence-electron chi connectivity index (χ4n) is 3.19. The highest BCUT2D eigenvalue weighted by atomic mass is 19.4. The molecule has 3 aromatic rings. The first-order valence-corrected chi connectivity index (χ1v) is 8.78. The van der Waals surface area contributed by atoms with Crippen LogP contribution in [-0.2, 0) is 11.0 Å². The van der Waals surface area contributed by atoms with Gasteiger partial charge in [-0.1, -0.05) is 12.1 Å². The Morgan fingerprint density at radius 3 is 2.50 bits per heavy atom. The van der Waals surface area contributed by atoms with Gasteiger partial charge in [0.1, 0.15) is 6.04 Å². The normalized spacial score (nSPS) is 17.1. The van der Waals surface area contributed by atoms with Gasteiger partial charge in [0, 0.05) is 23.4 Å². The number of para-hydroxylation sites is 1. The highest BCUT2D eigenvalue weighted by Crippen LogP contribution is 2.32. The Kier molecular flexibility index (Phi) is 4.58. The number of rotatable bonds is 4. The smallest absolute Gasteiger partial charge is 0.355 e. The van der Waals surface area contributed by atoms with Crippen LogP contribution in [-0.4, -0.2) is 26.0 Å². The number of benzene rings is 2. The molecule has 1 unspecified atom stereocenters. The molecule has 0 spiro atoms. The number of hydrogen-bond donors (Lipinski definition) is 1. The number of halogens is 3. The zero-order valence-corrected chi connectivity index (χ0v) is 14.6. The minimum Gasteiger partial charge on any atom is -0.355 e. The molecule has 0 amide bonds. The van der Waals surface area contributed by atoms with Gasteiger partial charge in [-0.2, -0.15) is 18.0 Å². The number of anilines is 2. The Bertz CT molecular complexity index is 997. The summed E-state index contributed by atoms with van der Waals surface area (Å²) in [5.74, 6) is 0.440. The molecule has 9 heteroatoms. The standard InChI is InChI=1S/C19H16F3N5O/c20-19(21,22)12-8-10-13(11-9-12)23-15-5-2-1-4-14(15)18-24-26-27(25-18)16-6-3-7-17(16)28/h1-2,4-5,8-11,16,23H,3,6-7H2. The van der Waals surface area contributed by atoms with Crippen molar-refractivity contribution < 1.29 is 18.0 Å². The van der Waals surface area contributed by atoms with Gasteiger partial charge in [-0.25, -0.2) is 0 Å². The molecule has 4 rings (SSSR count). The van der Waals surface area contributed by atoms with Crippen molar-refractivity contribution in [3.63, 3.8) is 0 Å². The summed E-state index contributed by atoms with van der Waals surface area (Å²) >= 11 is 0. The molecular weight excluding hydrogens is 371 g/mol. The van der Waals surface area contributed by atoms with Crippen molar-refractivity contribution >= 4 is 17.2 Å². The van der Waals surface area contributed by atoms with Gasteiger partial charge in [0.15, 0.2) is 5.78 Å². The lowest BCUT2D eigenvalue weighted by molar-refractivity contribution is -0.137. The number of ketones is 1. The van der Waals surface area contributed by atoms with Crippen molar-refractivity contribution in [3.8, 4) is 11.4 Å². The monoisotopic (exact) mass is 387 g/mol. The lowest BCUT2D eigenvalue weighted by atomic mass is 10.1. The molecule has 1 aliphatic carbocycles. The minimum atomic E-state index is -4.38. The molecule has 0 radical (unpaired) electrons. The van der Waals surface area contributed by atoms with E-state index in [2.05, 4.69) is 20.7 Å². The molecule has 1 aromatic heterocycles. The van der Waals surface area contributed by atoms with E-state index in [0.717, 1.165) is 18.6 Å². The van der Waals surface area contributed by atoms with Gasteiger partial charge >= 0.3 is 6.18 Å².